The molecule has 0 fully saturated rings. The van der Waals surface area contributed by atoms with Crippen LogP contribution in [-0.4, -0.2) is 39.1 Å². The third-order valence-corrected chi connectivity index (χ3v) is 4.99. The predicted octanol–water partition coefficient (Wildman–Crippen LogP) is 4.55. The number of non-ortho nitro benzene ring substituents is 1. The normalized spacial score (nSPS) is 11.5. The van der Waals surface area contributed by atoms with Crippen LogP contribution in [0.3, 0.4) is 0 Å². The standard InChI is InChI=1S/C23H33N7O2/c1-16(2)14-28(15-17(3)4)21-11-10-20-22(27-21)29(13-5-12-24)23(26-20)25-18-6-8-19(9-7-18)30(31)32/h6-11,16-17H,5,12-15,24H2,1-4H3,(H,25,26). The Bertz CT molecular complexity index is 1030. The van der Waals surface area contributed by atoms with Crippen LogP contribution in [0.4, 0.5) is 23.1 Å². The van der Waals surface area contributed by atoms with Crippen LogP contribution in [-0.2, 0) is 6.54 Å². The van der Waals surface area contributed by atoms with E-state index in [1.165, 1.54) is 12.1 Å². The first-order chi connectivity index (χ1) is 15.3. The molecule has 0 atom stereocenters. The first kappa shape index (κ1) is 23.5. The number of nitrogens with zero attached hydrogens (tertiary/aromatic N) is 5. The lowest BCUT2D eigenvalue weighted by atomic mass is 10.1. The van der Waals surface area contributed by atoms with Crippen LogP contribution < -0.4 is 16.0 Å². The van der Waals surface area contributed by atoms with Gasteiger partial charge in [0.25, 0.3) is 5.69 Å². The van der Waals surface area contributed by atoms with Gasteiger partial charge in [0.05, 0.1) is 4.92 Å². The molecule has 9 nitrogen and oxygen atoms in total. The summed E-state index contributed by atoms with van der Waals surface area (Å²) in [7, 11) is 0. The first-order valence-corrected chi connectivity index (χ1v) is 11.1. The summed E-state index contributed by atoms with van der Waals surface area (Å²) in [5.41, 5.74) is 8.15. The minimum atomic E-state index is -0.411. The molecule has 0 amide bonds. The number of benzene rings is 1. The second kappa shape index (κ2) is 10.4. The largest absolute Gasteiger partial charge is 0.356 e. The Labute approximate surface area is 188 Å². The molecular weight excluding hydrogens is 406 g/mol. The van der Waals surface area contributed by atoms with E-state index >= 15 is 0 Å². The molecule has 172 valence electrons. The molecule has 3 N–H and O–H groups in total. The fourth-order valence-corrected chi connectivity index (χ4v) is 3.66. The molecule has 3 aromatic rings. The lowest BCUT2D eigenvalue weighted by molar-refractivity contribution is -0.384. The number of pyridine rings is 1. The fourth-order valence-electron chi connectivity index (χ4n) is 3.66. The van der Waals surface area contributed by atoms with Crippen molar-refractivity contribution in [3.8, 4) is 0 Å². The number of fused-ring (bicyclic) bond motifs is 1. The van der Waals surface area contributed by atoms with Gasteiger partial charge in [0.15, 0.2) is 5.65 Å². The highest BCUT2D eigenvalue weighted by Crippen LogP contribution is 2.26. The number of nitrogens with two attached hydrogens (primary N) is 1. The average Bonchev–Trinajstić information content (AvgIpc) is 3.07. The van der Waals surface area contributed by atoms with Gasteiger partial charge in [0.1, 0.15) is 11.3 Å². The topological polar surface area (TPSA) is 115 Å². The Morgan fingerprint density at radius 2 is 1.72 bits per heavy atom. The lowest BCUT2D eigenvalue weighted by Crippen LogP contribution is -2.32. The molecule has 1 aromatic carbocycles. The van der Waals surface area contributed by atoms with Crippen molar-refractivity contribution in [3.05, 3.63) is 46.5 Å². The van der Waals surface area contributed by atoms with Gasteiger partial charge in [-0.1, -0.05) is 27.7 Å². The minimum absolute atomic E-state index is 0.0499. The second-order valence-corrected chi connectivity index (χ2v) is 8.86. The molecule has 0 aliphatic heterocycles. The Morgan fingerprint density at radius 3 is 2.28 bits per heavy atom. The lowest BCUT2D eigenvalue weighted by Gasteiger charge is -2.27. The molecule has 0 saturated carbocycles. The Morgan fingerprint density at radius 1 is 1.06 bits per heavy atom. The monoisotopic (exact) mass is 439 g/mol. The van der Waals surface area contributed by atoms with Gasteiger partial charge in [-0.15, -0.1) is 0 Å². The van der Waals surface area contributed by atoms with Crippen LogP contribution in [0, 0.1) is 22.0 Å². The fraction of sp³-hybridized carbons (Fsp3) is 0.478. The van der Waals surface area contributed by atoms with Crippen LogP contribution >= 0.6 is 0 Å². The van der Waals surface area contributed by atoms with Crippen molar-refractivity contribution in [2.45, 2.75) is 40.7 Å². The number of aryl methyl sites for hydroxylation is 1. The van der Waals surface area contributed by atoms with Gasteiger partial charge in [-0.25, -0.2) is 9.97 Å². The second-order valence-electron chi connectivity index (χ2n) is 8.86. The third-order valence-electron chi connectivity index (χ3n) is 4.99. The maximum Gasteiger partial charge on any atom is 0.269 e. The molecule has 2 heterocycles. The van der Waals surface area contributed by atoms with E-state index in [-0.39, 0.29) is 5.69 Å². The number of hydrogen-bond donors (Lipinski definition) is 2. The van der Waals surface area contributed by atoms with Crippen molar-refractivity contribution in [2.75, 3.05) is 29.9 Å². The van der Waals surface area contributed by atoms with Gasteiger partial charge in [-0.05, 0) is 49.1 Å². The maximum atomic E-state index is 10.9. The molecule has 0 saturated heterocycles. The van der Waals surface area contributed by atoms with Crippen LogP contribution in [0.1, 0.15) is 34.1 Å². The van der Waals surface area contributed by atoms with Crippen molar-refractivity contribution in [2.24, 2.45) is 17.6 Å². The van der Waals surface area contributed by atoms with E-state index in [2.05, 4.69) is 37.9 Å². The molecule has 3 rings (SSSR count). The third kappa shape index (κ3) is 5.73. The molecule has 0 bridgehead atoms. The van der Waals surface area contributed by atoms with E-state index in [0.717, 1.165) is 42.2 Å². The van der Waals surface area contributed by atoms with Crippen LogP contribution in [0.5, 0.6) is 0 Å². The average molecular weight is 440 g/mol. The molecular formula is C23H33N7O2. The summed E-state index contributed by atoms with van der Waals surface area (Å²) >= 11 is 0. The molecule has 32 heavy (non-hydrogen) atoms. The number of aromatic nitrogens is 3. The van der Waals surface area contributed by atoms with E-state index in [1.54, 1.807) is 12.1 Å². The van der Waals surface area contributed by atoms with Crippen LogP contribution in [0.15, 0.2) is 36.4 Å². The molecule has 2 aromatic heterocycles. The van der Waals surface area contributed by atoms with Crippen molar-refractivity contribution in [3.63, 3.8) is 0 Å². The molecule has 0 radical (unpaired) electrons. The Hall–Kier alpha value is -3.20. The van der Waals surface area contributed by atoms with Gasteiger partial charge in [0.2, 0.25) is 5.95 Å². The highest BCUT2D eigenvalue weighted by atomic mass is 16.6. The van der Waals surface area contributed by atoms with Gasteiger partial charge in [-0.3, -0.25) is 14.7 Å². The van der Waals surface area contributed by atoms with E-state index in [1.807, 2.05) is 16.7 Å². The van der Waals surface area contributed by atoms with Gasteiger partial charge in [0, 0.05) is 37.5 Å². The van der Waals surface area contributed by atoms with Crippen molar-refractivity contribution in [1.82, 2.24) is 14.5 Å². The summed E-state index contributed by atoms with van der Waals surface area (Å²) < 4.78 is 2.04. The number of imidazole rings is 1. The molecule has 9 heteroatoms. The number of nitrogens with one attached hydrogen (secondary N) is 1. The van der Waals surface area contributed by atoms with Gasteiger partial charge in [-0.2, -0.15) is 0 Å². The highest BCUT2D eigenvalue weighted by Gasteiger charge is 2.17. The van der Waals surface area contributed by atoms with E-state index in [0.29, 0.717) is 30.9 Å². The Balaban J connectivity index is 1.98. The minimum Gasteiger partial charge on any atom is -0.356 e. The molecule has 0 unspecified atom stereocenters. The number of hydrogen-bond acceptors (Lipinski definition) is 7. The van der Waals surface area contributed by atoms with Crippen molar-refractivity contribution in [1.29, 1.82) is 0 Å². The zero-order valence-electron chi connectivity index (χ0n) is 19.3. The van der Waals surface area contributed by atoms with Gasteiger partial charge < -0.3 is 16.0 Å². The quantitative estimate of drug-likeness (QED) is 0.333. The summed E-state index contributed by atoms with van der Waals surface area (Å²) in [4.78, 5) is 22.6. The maximum absolute atomic E-state index is 10.9. The van der Waals surface area contributed by atoms with E-state index in [4.69, 9.17) is 15.7 Å². The van der Waals surface area contributed by atoms with E-state index in [9.17, 15) is 10.1 Å². The number of nitro benzene ring substituents is 1. The summed E-state index contributed by atoms with van der Waals surface area (Å²) in [6.07, 6.45) is 0.786. The summed E-state index contributed by atoms with van der Waals surface area (Å²) in [5, 5.41) is 14.2. The first-order valence-electron chi connectivity index (χ1n) is 11.1. The van der Waals surface area contributed by atoms with E-state index < -0.39 is 4.92 Å². The number of nitro groups is 1. The zero-order valence-corrected chi connectivity index (χ0v) is 19.3. The van der Waals surface area contributed by atoms with Crippen LogP contribution in [0.25, 0.3) is 11.2 Å². The van der Waals surface area contributed by atoms with Crippen molar-refractivity contribution < 1.29 is 4.92 Å². The number of anilines is 3. The summed E-state index contributed by atoms with van der Waals surface area (Å²) in [5.74, 6) is 2.63. The van der Waals surface area contributed by atoms with Crippen molar-refractivity contribution >= 4 is 34.3 Å². The Kier molecular flexibility index (Phi) is 7.63. The number of rotatable bonds is 11. The predicted molar refractivity (Wildman–Crippen MR) is 129 cm³/mol. The molecule has 0 aliphatic rings. The molecule has 0 spiro atoms. The zero-order chi connectivity index (χ0) is 23.3. The highest BCUT2D eigenvalue weighted by molar-refractivity contribution is 5.78. The van der Waals surface area contributed by atoms with Crippen LogP contribution in [0.2, 0.25) is 0 Å². The summed E-state index contributed by atoms with van der Waals surface area (Å²) in [6.45, 7) is 11.9. The van der Waals surface area contributed by atoms with Gasteiger partial charge >= 0.3 is 0 Å². The molecule has 0 aliphatic carbocycles. The smallest absolute Gasteiger partial charge is 0.269 e. The summed E-state index contributed by atoms with van der Waals surface area (Å²) in [6, 6.07) is 10.3. The SMILES string of the molecule is CC(C)CN(CC(C)C)c1ccc2nc(Nc3ccc([N+](=O)[O-])cc3)n(CCCN)c2n1.